The zero-order valence-electron chi connectivity index (χ0n) is 10.8. The van der Waals surface area contributed by atoms with Crippen LogP contribution in [0.1, 0.15) is 37.1 Å². The molecule has 0 spiro atoms. The van der Waals surface area contributed by atoms with E-state index in [9.17, 15) is 8.42 Å². The first-order chi connectivity index (χ1) is 8.49. The first kappa shape index (κ1) is 15.5. The molecule has 1 rings (SSSR count). The van der Waals surface area contributed by atoms with E-state index in [-0.39, 0.29) is 4.90 Å². The molecule has 0 amide bonds. The third-order valence-electron chi connectivity index (χ3n) is 2.68. The number of rotatable bonds is 8. The van der Waals surface area contributed by atoms with Crippen LogP contribution in [0.15, 0.2) is 4.90 Å². The number of alkyl halides is 1. The molecule has 0 saturated heterocycles. The molecule has 0 fully saturated rings. The van der Waals surface area contributed by atoms with Crippen molar-refractivity contribution < 1.29 is 8.42 Å². The highest BCUT2D eigenvalue weighted by atomic mass is 35.5. The molecule has 18 heavy (non-hydrogen) atoms. The van der Waals surface area contributed by atoms with Crippen LogP contribution in [0.25, 0.3) is 0 Å². The summed E-state index contributed by atoms with van der Waals surface area (Å²) in [5, 5.41) is 6.57. The summed E-state index contributed by atoms with van der Waals surface area (Å²) in [6.45, 7) is 3.84. The fourth-order valence-electron chi connectivity index (χ4n) is 1.79. The molecule has 1 aromatic rings. The first-order valence-corrected chi connectivity index (χ1v) is 8.08. The van der Waals surface area contributed by atoms with Gasteiger partial charge in [0.1, 0.15) is 4.90 Å². The van der Waals surface area contributed by atoms with Gasteiger partial charge in [0, 0.05) is 12.4 Å². The van der Waals surface area contributed by atoms with Gasteiger partial charge in [-0.15, -0.1) is 11.6 Å². The second kappa shape index (κ2) is 7.11. The maximum atomic E-state index is 12.0. The summed E-state index contributed by atoms with van der Waals surface area (Å²) in [5.74, 6) is 0.666. The molecule has 7 heteroatoms. The quantitative estimate of drug-likeness (QED) is 0.569. The lowest BCUT2D eigenvalue weighted by atomic mass is 10.2. The summed E-state index contributed by atoms with van der Waals surface area (Å²) in [4.78, 5) is 0.267. The molecule has 1 aromatic heterocycles. The molecule has 0 aliphatic rings. The Morgan fingerprint density at radius 1 is 1.22 bits per heavy atom. The Labute approximate surface area is 113 Å². The maximum absolute atomic E-state index is 12.0. The van der Waals surface area contributed by atoms with Crippen LogP contribution in [0.3, 0.4) is 0 Å². The topological polar surface area (TPSA) is 74.8 Å². The number of hydrogen-bond acceptors (Lipinski definition) is 3. The summed E-state index contributed by atoms with van der Waals surface area (Å²) in [6.07, 6.45) is 3.83. The Balaban J connectivity index is 2.46. The highest BCUT2D eigenvalue weighted by Crippen LogP contribution is 2.16. The van der Waals surface area contributed by atoms with Crippen LogP contribution < -0.4 is 4.72 Å². The monoisotopic (exact) mass is 293 g/mol. The molecule has 0 aliphatic heterocycles. The van der Waals surface area contributed by atoms with Gasteiger partial charge in [-0.1, -0.05) is 12.8 Å². The minimum absolute atomic E-state index is 0.267. The van der Waals surface area contributed by atoms with Gasteiger partial charge in [-0.2, -0.15) is 5.10 Å². The standard InChI is InChI=1S/C11H20ClN3O2S/c1-9-11(10(2)15-14-9)18(16,17)13-8-6-4-3-5-7-12/h13H,3-8H2,1-2H3,(H,14,15). The number of aryl methyl sites for hydroxylation is 2. The third kappa shape index (κ3) is 4.26. The largest absolute Gasteiger partial charge is 0.281 e. The Bertz CT molecular complexity index is 451. The van der Waals surface area contributed by atoms with Gasteiger partial charge in [-0.25, -0.2) is 13.1 Å². The predicted molar refractivity (Wildman–Crippen MR) is 72.4 cm³/mol. The van der Waals surface area contributed by atoms with Crippen LogP contribution in [-0.2, 0) is 10.0 Å². The van der Waals surface area contributed by atoms with Crippen LogP contribution in [0.4, 0.5) is 0 Å². The zero-order chi connectivity index (χ0) is 13.6. The molecule has 0 aromatic carbocycles. The van der Waals surface area contributed by atoms with Gasteiger partial charge in [0.15, 0.2) is 0 Å². The van der Waals surface area contributed by atoms with Gasteiger partial charge in [0.2, 0.25) is 10.0 Å². The molecule has 1 heterocycles. The van der Waals surface area contributed by atoms with Crippen LogP contribution in [0.2, 0.25) is 0 Å². The number of unbranched alkanes of at least 4 members (excludes halogenated alkanes) is 3. The van der Waals surface area contributed by atoms with Crippen molar-refractivity contribution in [2.75, 3.05) is 12.4 Å². The van der Waals surface area contributed by atoms with Crippen molar-refractivity contribution in [3.05, 3.63) is 11.4 Å². The van der Waals surface area contributed by atoms with E-state index in [0.717, 1.165) is 25.7 Å². The molecule has 0 saturated carbocycles. The summed E-state index contributed by atoms with van der Waals surface area (Å²) < 4.78 is 26.7. The summed E-state index contributed by atoms with van der Waals surface area (Å²) in [7, 11) is -3.44. The van der Waals surface area contributed by atoms with E-state index < -0.39 is 10.0 Å². The number of hydrogen-bond donors (Lipinski definition) is 2. The highest BCUT2D eigenvalue weighted by molar-refractivity contribution is 7.89. The number of nitrogens with one attached hydrogen (secondary N) is 2. The maximum Gasteiger partial charge on any atom is 0.244 e. The Morgan fingerprint density at radius 2 is 1.89 bits per heavy atom. The van der Waals surface area contributed by atoms with Crippen LogP contribution in [0, 0.1) is 13.8 Å². The molecule has 0 aliphatic carbocycles. The van der Waals surface area contributed by atoms with E-state index >= 15 is 0 Å². The van der Waals surface area contributed by atoms with Crippen LogP contribution in [-0.4, -0.2) is 31.0 Å². The smallest absolute Gasteiger partial charge is 0.244 e. The Kier molecular flexibility index (Phi) is 6.11. The number of halogens is 1. The molecule has 0 atom stereocenters. The lowest BCUT2D eigenvalue weighted by Gasteiger charge is -2.06. The van der Waals surface area contributed by atoms with E-state index in [1.807, 2.05) is 0 Å². The van der Waals surface area contributed by atoms with Gasteiger partial charge < -0.3 is 0 Å². The zero-order valence-corrected chi connectivity index (χ0v) is 12.4. The highest BCUT2D eigenvalue weighted by Gasteiger charge is 2.21. The van der Waals surface area contributed by atoms with Crippen molar-refractivity contribution in [2.24, 2.45) is 0 Å². The molecular weight excluding hydrogens is 274 g/mol. The lowest BCUT2D eigenvalue weighted by Crippen LogP contribution is -2.25. The fourth-order valence-corrected chi connectivity index (χ4v) is 3.42. The van der Waals surface area contributed by atoms with E-state index in [4.69, 9.17) is 11.6 Å². The van der Waals surface area contributed by atoms with Crippen molar-refractivity contribution in [3.63, 3.8) is 0 Å². The van der Waals surface area contributed by atoms with Crippen LogP contribution >= 0.6 is 11.6 Å². The van der Waals surface area contributed by atoms with E-state index in [1.165, 1.54) is 0 Å². The van der Waals surface area contributed by atoms with Gasteiger partial charge >= 0.3 is 0 Å². The van der Waals surface area contributed by atoms with Crippen molar-refractivity contribution in [1.29, 1.82) is 0 Å². The molecule has 104 valence electrons. The van der Waals surface area contributed by atoms with Gasteiger partial charge in [-0.05, 0) is 26.7 Å². The van der Waals surface area contributed by atoms with Gasteiger partial charge in [0.25, 0.3) is 0 Å². The van der Waals surface area contributed by atoms with E-state index in [0.29, 0.717) is 23.8 Å². The summed E-state index contributed by atoms with van der Waals surface area (Å²) in [6, 6.07) is 0. The molecule has 5 nitrogen and oxygen atoms in total. The molecule has 0 bridgehead atoms. The molecular formula is C11H20ClN3O2S. The average Bonchev–Trinajstić information content (AvgIpc) is 2.64. The predicted octanol–water partition coefficient (Wildman–Crippen LogP) is 2.10. The summed E-state index contributed by atoms with van der Waals surface area (Å²) in [5.41, 5.74) is 1.07. The van der Waals surface area contributed by atoms with Gasteiger partial charge in [-0.3, -0.25) is 5.10 Å². The van der Waals surface area contributed by atoms with E-state index in [2.05, 4.69) is 14.9 Å². The minimum atomic E-state index is -3.44. The first-order valence-electron chi connectivity index (χ1n) is 6.06. The number of H-pyrrole nitrogens is 1. The molecule has 0 radical (unpaired) electrons. The Hall–Kier alpha value is -0.590. The summed E-state index contributed by atoms with van der Waals surface area (Å²) >= 11 is 5.57. The number of aromatic amines is 1. The Morgan fingerprint density at radius 3 is 2.44 bits per heavy atom. The van der Waals surface area contributed by atoms with Crippen molar-refractivity contribution >= 4 is 21.6 Å². The SMILES string of the molecule is Cc1n[nH]c(C)c1S(=O)(=O)NCCCCCCCl. The van der Waals surface area contributed by atoms with Crippen molar-refractivity contribution in [1.82, 2.24) is 14.9 Å². The number of aromatic nitrogens is 2. The van der Waals surface area contributed by atoms with Crippen molar-refractivity contribution in [2.45, 2.75) is 44.4 Å². The molecule has 0 unspecified atom stereocenters. The minimum Gasteiger partial charge on any atom is -0.281 e. The normalized spacial score (nSPS) is 11.9. The number of sulfonamides is 1. The average molecular weight is 294 g/mol. The van der Waals surface area contributed by atoms with Crippen molar-refractivity contribution in [3.8, 4) is 0 Å². The second-order valence-electron chi connectivity index (χ2n) is 4.26. The molecule has 2 N–H and O–H groups in total. The number of nitrogens with zero attached hydrogens (tertiary/aromatic N) is 1. The third-order valence-corrected chi connectivity index (χ3v) is 4.67. The van der Waals surface area contributed by atoms with Crippen LogP contribution in [0.5, 0.6) is 0 Å². The van der Waals surface area contributed by atoms with E-state index in [1.54, 1.807) is 13.8 Å². The van der Waals surface area contributed by atoms with Gasteiger partial charge in [0.05, 0.1) is 11.4 Å². The lowest BCUT2D eigenvalue weighted by molar-refractivity contribution is 0.572. The fraction of sp³-hybridized carbons (Fsp3) is 0.727. The second-order valence-corrected chi connectivity index (χ2v) is 6.35.